The van der Waals surface area contributed by atoms with E-state index in [1.165, 1.54) is 11.3 Å². The van der Waals surface area contributed by atoms with Gasteiger partial charge in [0.2, 0.25) is 0 Å². The molecular formula is C21H17ClN2O3S. The molecule has 0 spiro atoms. The van der Waals surface area contributed by atoms with E-state index in [-0.39, 0.29) is 5.91 Å². The first kappa shape index (κ1) is 18.5. The van der Waals surface area contributed by atoms with Gasteiger partial charge in [-0.2, -0.15) is 0 Å². The van der Waals surface area contributed by atoms with Gasteiger partial charge < -0.3 is 9.15 Å². The number of methoxy groups -OCH3 is 1. The quantitative estimate of drug-likeness (QED) is 0.440. The molecule has 5 nitrogen and oxygen atoms in total. The van der Waals surface area contributed by atoms with Gasteiger partial charge in [0.15, 0.2) is 5.13 Å². The van der Waals surface area contributed by atoms with Crippen molar-refractivity contribution in [1.82, 2.24) is 4.98 Å². The molecule has 0 aliphatic carbocycles. The van der Waals surface area contributed by atoms with Crippen LogP contribution in [0, 0.1) is 13.8 Å². The molecule has 2 aromatic heterocycles. The summed E-state index contributed by atoms with van der Waals surface area (Å²) in [7, 11) is 1.66. The fourth-order valence-electron chi connectivity index (χ4n) is 3.20. The molecule has 1 amide bonds. The zero-order chi connectivity index (χ0) is 19.8. The van der Waals surface area contributed by atoms with Gasteiger partial charge in [-0.15, -0.1) is 11.3 Å². The average Bonchev–Trinajstić information content (AvgIpc) is 3.24. The number of nitrogens with one attached hydrogen (secondary N) is 1. The highest BCUT2D eigenvalue weighted by Crippen LogP contribution is 2.36. The Bertz CT molecular complexity index is 1200. The third-order valence-electron chi connectivity index (χ3n) is 4.52. The van der Waals surface area contributed by atoms with E-state index in [2.05, 4.69) is 10.3 Å². The predicted octanol–water partition coefficient (Wildman–Crippen LogP) is 6.09. The number of benzene rings is 2. The van der Waals surface area contributed by atoms with Crippen LogP contribution in [0.3, 0.4) is 0 Å². The second-order valence-electron chi connectivity index (χ2n) is 6.26. The highest BCUT2D eigenvalue weighted by molar-refractivity contribution is 7.14. The zero-order valence-corrected chi connectivity index (χ0v) is 17.1. The predicted molar refractivity (Wildman–Crippen MR) is 113 cm³/mol. The van der Waals surface area contributed by atoms with E-state index in [0.29, 0.717) is 27.2 Å². The molecule has 0 saturated heterocycles. The maximum atomic E-state index is 12.6. The van der Waals surface area contributed by atoms with E-state index in [9.17, 15) is 4.79 Å². The summed E-state index contributed by atoms with van der Waals surface area (Å²) in [5, 5.41) is 7.60. The van der Waals surface area contributed by atoms with E-state index < -0.39 is 0 Å². The summed E-state index contributed by atoms with van der Waals surface area (Å²) in [6.45, 7) is 3.44. The zero-order valence-electron chi connectivity index (χ0n) is 15.5. The van der Waals surface area contributed by atoms with Crippen molar-refractivity contribution in [2.75, 3.05) is 12.4 Å². The number of rotatable bonds is 4. The van der Waals surface area contributed by atoms with Gasteiger partial charge in [-0.3, -0.25) is 10.1 Å². The van der Waals surface area contributed by atoms with Crippen LogP contribution in [-0.4, -0.2) is 18.0 Å². The number of aryl methyl sites for hydroxylation is 2. The third kappa shape index (κ3) is 3.15. The molecule has 0 aliphatic heterocycles. The van der Waals surface area contributed by atoms with Crippen LogP contribution in [-0.2, 0) is 0 Å². The Balaban J connectivity index is 1.67. The second-order valence-corrected chi connectivity index (χ2v) is 7.49. The molecule has 0 aliphatic rings. The van der Waals surface area contributed by atoms with Crippen molar-refractivity contribution in [2.45, 2.75) is 13.8 Å². The number of amides is 1. The van der Waals surface area contributed by atoms with Crippen molar-refractivity contribution in [2.24, 2.45) is 0 Å². The molecule has 2 heterocycles. The fourth-order valence-corrected chi connectivity index (χ4v) is 4.17. The lowest BCUT2D eigenvalue weighted by molar-refractivity contribution is 0.102. The van der Waals surface area contributed by atoms with E-state index >= 15 is 0 Å². The van der Waals surface area contributed by atoms with Crippen molar-refractivity contribution in [1.29, 1.82) is 0 Å². The van der Waals surface area contributed by atoms with Gasteiger partial charge in [-0.1, -0.05) is 35.9 Å². The molecular weight excluding hydrogens is 396 g/mol. The largest absolute Gasteiger partial charge is 0.496 e. The normalized spacial score (nSPS) is 11.0. The van der Waals surface area contributed by atoms with Crippen molar-refractivity contribution in [3.05, 3.63) is 63.9 Å². The molecule has 7 heteroatoms. The number of hydrogen-bond donors (Lipinski definition) is 1. The maximum absolute atomic E-state index is 12.6. The van der Waals surface area contributed by atoms with E-state index in [0.717, 1.165) is 27.8 Å². The molecule has 4 rings (SSSR count). The lowest BCUT2D eigenvalue weighted by atomic mass is 10.0. The average molecular weight is 413 g/mol. The molecule has 0 radical (unpaired) electrons. The van der Waals surface area contributed by atoms with Gasteiger partial charge >= 0.3 is 0 Å². The van der Waals surface area contributed by atoms with Crippen LogP contribution < -0.4 is 10.1 Å². The fraction of sp³-hybridized carbons (Fsp3) is 0.143. The molecule has 0 fully saturated rings. The van der Waals surface area contributed by atoms with Crippen molar-refractivity contribution < 1.29 is 13.9 Å². The van der Waals surface area contributed by atoms with Crippen LogP contribution in [0.25, 0.3) is 22.0 Å². The lowest BCUT2D eigenvalue weighted by Gasteiger charge is -2.08. The minimum Gasteiger partial charge on any atom is -0.496 e. The van der Waals surface area contributed by atoms with Crippen LogP contribution in [0.4, 0.5) is 5.13 Å². The number of carbonyl (C=O) groups excluding carboxylic acids is 1. The summed E-state index contributed by atoms with van der Waals surface area (Å²) in [4.78, 5) is 17.2. The number of hydrogen-bond acceptors (Lipinski definition) is 5. The van der Waals surface area contributed by atoms with Crippen LogP contribution in [0.5, 0.6) is 5.75 Å². The monoisotopic (exact) mass is 412 g/mol. The number of carbonyl (C=O) groups is 1. The van der Waals surface area contributed by atoms with Gasteiger partial charge in [0.05, 0.1) is 23.4 Å². The van der Waals surface area contributed by atoms with Gasteiger partial charge in [-0.05, 0) is 31.4 Å². The van der Waals surface area contributed by atoms with Gasteiger partial charge in [0.25, 0.3) is 5.91 Å². The van der Waals surface area contributed by atoms with Gasteiger partial charge in [0, 0.05) is 16.3 Å². The first-order valence-corrected chi connectivity index (χ1v) is 9.84. The van der Waals surface area contributed by atoms with Crippen molar-refractivity contribution in [3.8, 4) is 17.0 Å². The summed E-state index contributed by atoms with van der Waals surface area (Å²) in [6, 6.07) is 11.9. The minimum absolute atomic E-state index is 0.327. The molecule has 4 aromatic rings. The summed E-state index contributed by atoms with van der Waals surface area (Å²) in [5.41, 5.74) is 2.10. The Morgan fingerprint density at radius 2 is 1.89 bits per heavy atom. The number of anilines is 1. The Kier molecular flexibility index (Phi) is 4.83. The SMILES string of the molecule is COc1ccc(-c2csc(NC(=O)c3c(C)oc(C)c3Cl)n2)c2ccccc12. The molecule has 2 aromatic carbocycles. The molecule has 0 unspecified atom stereocenters. The number of halogens is 1. The first-order valence-electron chi connectivity index (χ1n) is 8.58. The summed E-state index contributed by atoms with van der Waals surface area (Å²) < 4.78 is 10.9. The summed E-state index contributed by atoms with van der Waals surface area (Å²) >= 11 is 7.54. The number of fused-ring (bicyclic) bond motifs is 1. The Labute approximate surface area is 170 Å². The maximum Gasteiger partial charge on any atom is 0.262 e. The number of furan rings is 1. The number of aromatic nitrogens is 1. The van der Waals surface area contributed by atoms with E-state index in [1.54, 1.807) is 21.0 Å². The summed E-state index contributed by atoms with van der Waals surface area (Å²) in [6.07, 6.45) is 0. The molecule has 0 bridgehead atoms. The van der Waals surface area contributed by atoms with E-state index in [4.69, 9.17) is 20.8 Å². The molecule has 0 atom stereocenters. The van der Waals surface area contributed by atoms with Gasteiger partial charge in [0.1, 0.15) is 17.3 Å². The second kappa shape index (κ2) is 7.30. The summed E-state index contributed by atoms with van der Waals surface area (Å²) in [5.74, 6) is 1.48. The smallest absolute Gasteiger partial charge is 0.262 e. The highest BCUT2D eigenvalue weighted by Gasteiger charge is 2.21. The Hall–Kier alpha value is -2.83. The Morgan fingerprint density at radius 1 is 1.14 bits per heavy atom. The van der Waals surface area contributed by atoms with Crippen LogP contribution >= 0.6 is 22.9 Å². The van der Waals surface area contributed by atoms with Crippen LogP contribution in [0.2, 0.25) is 5.02 Å². The lowest BCUT2D eigenvalue weighted by Crippen LogP contribution is -2.12. The van der Waals surface area contributed by atoms with Crippen molar-refractivity contribution >= 4 is 44.7 Å². The standard InChI is InChI=1S/C21H17ClN2O3S/c1-11-18(19(22)12(2)27-11)20(25)24-21-23-16(10-28-21)14-8-9-17(26-3)15-7-5-4-6-13(14)15/h4-10H,1-3H3,(H,23,24,25). The highest BCUT2D eigenvalue weighted by atomic mass is 35.5. The molecule has 0 saturated carbocycles. The number of thiazole rings is 1. The Morgan fingerprint density at radius 3 is 2.57 bits per heavy atom. The molecule has 28 heavy (non-hydrogen) atoms. The number of ether oxygens (including phenoxy) is 1. The van der Waals surface area contributed by atoms with Crippen LogP contribution in [0.15, 0.2) is 46.2 Å². The number of nitrogens with zero attached hydrogens (tertiary/aromatic N) is 1. The van der Waals surface area contributed by atoms with E-state index in [1.807, 2.05) is 41.8 Å². The minimum atomic E-state index is -0.333. The van der Waals surface area contributed by atoms with Crippen LogP contribution in [0.1, 0.15) is 21.9 Å². The van der Waals surface area contributed by atoms with Gasteiger partial charge in [-0.25, -0.2) is 4.98 Å². The topological polar surface area (TPSA) is 64.4 Å². The van der Waals surface area contributed by atoms with Crippen molar-refractivity contribution in [3.63, 3.8) is 0 Å². The molecule has 1 N–H and O–H groups in total. The molecule has 142 valence electrons. The third-order valence-corrected chi connectivity index (χ3v) is 5.73. The first-order chi connectivity index (χ1) is 13.5.